The summed E-state index contributed by atoms with van der Waals surface area (Å²) in [5, 5.41) is 0. The van der Waals surface area contributed by atoms with E-state index >= 15 is 0 Å². The number of benzene rings is 1. The molecule has 0 aromatic heterocycles. The summed E-state index contributed by atoms with van der Waals surface area (Å²) in [6, 6.07) is 9.44. The number of hydrogen-bond donors (Lipinski definition) is 0. The smallest absolute Gasteiger partial charge is 0.379 e. The second-order valence-electron chi connectivity index (χ2n) is 6.54. The van der Waals surface area contributed by atoms with Gasteiger partial charge in [-0.1, -0.05) is 49.2 Å². The minimum Gasteiger partial charge on any atom is -0.455 e. The first kappa shape index (κ1) is 15.0. The Morgan fingerprint density at radius 2 is 1.77 bits per heavy atom. The topological polar surface area (TPSA) is 43.4 Å². The van der Waals surface area contributed by atoms with E-state index in [0.717, 1.165) is 24.8 Å². The van der Waals surface area contributed by atoms with E-state index < -0.39 is 11.8 Å². The van der Waals surface area contributed by atoms with Crippen molar-refractivity contribution in [3.8, 4) is 0 Å². The minimum absolute atomic E-state index is 0.157. The first-order valence-corrected chi connectivity index (χ1v) is 8.13. The van der Waals surface area contributed by atoms with Crippen LogP contribution in [0.5, 0.6) is 0 Å². The number of hydrogen-bond acceptors (Lipinski definition) is 3. The van der Waals surface area contributed by atoms with Crippen LogP contribution in [0.15, 0.2) is 42.0 Å². The number of esters is 1. The molecule has 1 spiro atoms. The van der Waals surface area contributed by atoms with E-state index in [0.29, 0.717) is 5.57 Å². The highest BCUT2D eigenvalue weighted by molar-refractivity contribution is 6.40. The van der Waals surface area contributed by atoms with E-state index in [9.17, 15) is 9.59 Å². The molecule has 0 aliphatic heterocycles. The van der Waals surface area contributed by atoms with Crippen LogP contribution >= 0.6 is 0 Å². The molecule has 0 bridgehead atoms. The zero-order valence-electron chi connectivity index (χ0n) is 12.8. The Balaban J connectivity index is 1.58. The molecular formula is C19H22O3. The van der Waals surface area contributed by atoms with Crippen LogP contribution in [-0.2, 0) is 20.9 Å². The zero-order chi connectivity index (χ0) is 15.4. The molecule has 3 heteroatoms. The molecular weight excluding hydrogens is 276 g/mol. The third kappa shape index (κ3) is 3.29. The van der Waals surface area contributed by atoms with Gasteiger partial charge in [0.2, 0.25) is 0 Å². The summed E-state index contributed by atoms with van der Waals surface area (Å²) in [4.78, 5) is 24.3. The van der Waals surface area contributed by atoms with Gasteiger partial charge < -0.3 is 4.74 Å². The predicted molar refractivity (Wildman–Crippen MR) is 84.1 cm³/mol. The second-order valence-corrected chi connectivity index (χ2v) is 6.54. The van der Waals surface area contributed by atoms with Crippen LogP contribution in [0.4, 0.5) is 0 Å². The van der Waals surface area contributed by atoms with Gasteiger partial charge in [0.05, 0.1) is 0 Å². The van der Waals surface area contributed by atoms with Crippen LogP contribution in [-0.4, -0.2) is 11.8 Å². The van der Waals surface area contributed by atoms with Crippen molar-refractivity contribution in [3.05, 3.63) is 47.5 Å². The van der Waals surface area contributed by atoms with E-state index in [4.69, 9.17) is 4.74 Å². The monoisotopic (exact) mass is 298 g/mol. The van der Waals surface area contributed by atoms with Gasteiger partial charge in [0.25, 0.3) is 5.78 Å². The van der Waals surface area contributed by atoms with Gasteiger partial charge in [-0.2, -0.15) is 0 Å². The number of ketones is 1. The van der Waals surface area contributed by atoms with Crippen molar-refractivity contribution in [2.75, 3.05) is 0 Å². The summed E-state index contributed by atoms with van der Waals surface area (Å²) in [7, 11) is 0. The molecule has 0 atom stereocenters. The number of allylic oxidation sites excluding steroid dienone is 1. The molecule has 0 radical (unpaired) electrons. The lowest BCUT2D eigenvalue weighted by Crippen LogP contribution is -2.27. The summed E-state index contributed by atoms with van der Waals surface area (Å²) in [6.45, 7) is 0.157. The quantitative estimate of drug-likeness (QED) is 0.624. The summed E-state index contributed by atoms with van der Waals surface area (Å²) in [5.41, 5.74) is 1.85. The van der Waals surface area contributed by atoms with Gasteiger partial charge in [-0.05, 0) is 43.1 Å². The SMILES string of the molecule is O=C(OCc1ccccc1)C(=O)C1=CCCC2(CCCC2)C1. The summed E-state index contributed by atoms with van der Waals surface area (Å²) in [5.74, 6) is -1.16. The van der Waals surface area contributed by atoms with Crippen molar-refractivity contribution >= 4 is 11.8 Å². The number of ether oxygens (including phenoxy) is 1. The Kier molecular flexibility index (Phi) is 4.41. The van der Waals surface area contributed by atoms with Crippen molar-refractivity contribution in [2.45, 2.75) is 51.6 Å². The Morgan fingerprint density at radius 3 is 2.50 bits per heavy atom. The van der Waals surface area contributed by atoms with Gasteiger partial charge in [-0.3, -0.25) is 4.79 Å². The number of Topliss-reactive ketones (excluding diaryl/α,β-unsaturated/α-hetero) is 1. The normalized spacial score (nSPS) is 19.7. The highest BCUT2D eigenvalue weighted by Gasteiger charge is 2.38. The van der Waals surface area contributed by atoms with Crippen LogP contribution in [0.1, 0.15) is 50.5 Å². The van der Waals surface area contributed by atoms with Gasteiger partial charge in [-0.25, -0.2) is 4.79 Å². The third-order valence-corrected chi connectivity index (χ3v) is 4.98. The van der Waals surface area contributed by atoms with Gasteiger partial charge in [0.1, 0.15) is 6.61 Å². The molecule has 3 nitrogen and oxygen atoms in total. The van der Waals surface area contributed by atoms with E-state index in [1.165, 1.54) is 25.7 Å². The van der Waals surface area contributed by atoms with Crippen molar-refractivity contribution in [1.29, 1.82) is 0 Å². The van der Waals surface area contributed by atoms with Crippen LogP contribution in [0.25, 0.3) is 0 Å². The molecule has 116 valence electrons. The fourth-order valence-electron chi connectivity index (χ4n) is 3.76. The highest BCUT2D eigenvalue weighted by Crippen LogP contribution is 2.49. The molecule has 0 N–H and O–H groups in total. The van der Waals surface area contributed by atoms with E-state index in [2.05, 4.69) is 0 Å². The van der Waals surface area contributed by atoms with Crippen molar-refractivity contribution < 1.29 is 14.3 Å². The average Bonchev–Trinajstić information content (AvgIpc) is 3.00. The van der Waals surface area contributed by atoms with E-state index in [-0.39, 0.29) is 12.0 Å². The largest absolute Gasteiger partial charge is 0.455 e. The molecule has 1 aromatic carbocycles. The van der Waals surface area contributed by atoms with Crippen LogP contribution in [0.2, 0.25) is 0 Å². The third-order valence-electron chi connectivity index (χ3n) is 4.98. The standard InChI is InChI=1S/C19H22O3/c20-17(18(21)22-14-15-7-2-1-3-8-15)16-9-6-12-19(13-16)10-4-5-11-19/h1-3,7-9H,4-6,10-14H2. The molecule has 22 heavy (non-hydrogen) atoms. The predicted octanol–water partition coefficient (Wildman–Crippen LogP) is 3.97. The molecule has 0 amide bonds. The molecule has 3 rings (SSSR count). The summed E-state index contributed by atoms with van der Waals surface area (Å²) >= 11 is 0. The van der Waals surface area contributed by atoms with Gasteiger partial charge in [0.15, 0.2) is 0 Å². The van der Waals surface area contributed by atoms with Crippen LogP contribution in [0, 0.1) is 5.41 Å². The van der Waals surface area contributed by atoms with E-state index in [1.807, 2.05) is 36.4 Å². The molecule has 1 aromatic rings. The first-order chi connectivity index (χ1) is 10.7. The summed E-state index contributed by atoms with van der Waals surface area (Å²) < 4.78 is 5.16. The number of rotatable bonds is 4. The Labute approximate surface area is 131 Å². The molecule has 0 saturated heterocycles. The fraction of sp³-hybridized carbons (Fsp3) is 0.474. The molecule has 0 heterocycles. The van der Waals surface area contributed by atoms with Gasteiger partial charge >= 0.3 is 5.97 Å². The maximum Gasteiger partial charge on any atom is 0.379 e. The average molecular weight is 298 g/mol. The maximum absolute atomic E-state index is 12.3. The molecule has 2 aliphatic rings. The zero-order valence-corrected chi connectivity index (χ0v) is 12.8. The van der Waals surface area contributed by atoms with Crippen molar-refractivity contribution in [3.63, 3.8) is 0 Å². The van der Waals surface area contributed by atoms with Crippen molar-refractivity contribution in [1.82, 2.24) is 0 Å². The summed E-state index contributed by atoms with van der Waals surface area (Å²) in [6.07, 6.45) is 9.64. The second kappa shape index (κ2) is 6.47. The number of carbonyl (C=O) groups is 2. The molecule has 1 saturated carbocycles. The number of carbonyl (C=O) groups excluding carboxylic acids is 2. The minimum atomic E-state index is -0.717. The fourth-order valence-corrected chi connectivity index (χ4v) is 3.76. The lowest BCUT2D eigenvalue weighted by atomic mass is 9.72. The highest BCUT2D eigenvalue weighted by atomic mass is 16.5. The molecule has 2 aliphatic carbocycles. The van der Waals surface area contributed by atoms with Crippen molar-refractivity contribution in [2.24, 2.45) is 5.41 Å². The lowest BCUT2D eigenvalue weighted by molar-refractivity contribution is -0.153. The van der Waals surface area contributed by atoms with Crippen LogP contribution in [0.3, 0.4) is 0 Å². The van der Waals surface area contributed by atoms with Crippen LogP contribution < -0.4 is 0 Å². The van der Waals surface area contributed by atoms with E-state index in [1.54, 1.807) is 0 Å². The van der Waals surface area contributed by atoms with Gasteiger partial charge in [-0.15, -0.1) is 0 Å². The molecule has 1 fully saturated rings. The Bertz CT molecular complexity index is 580. The Morgan fingerprint density at radius 1 is 1.05 bits per heavy atom. The van der Waals surface area contributed by atoms with Gasteiger partial charge in [0, 0.05) is 5.57 Å². The molecule has 0 unspecified atom stereocenters. The maximum atomic E-state index is 12.3. The lowest BCUT2D eigenvalue weighted by Gasteiger charge is -2.32. The first-order valence-electron chi connectivity index (χ1n) is 8.13. The Hall–Kier alpha value is -1.90.